The van der Waals surface area contributed by atoms with Crippen molar-refractivity contribution in [3.63, 3.8) is 0 Å². The van der Waals surface area contributed by atoms with Crippen LogP contribution >= 0.6 is 23.2 Å². The molecule has 0 saturated carbocycles. The Morgan fingerprint density at radius 2 is 1.71 bits per heavy atom. The van der Waals surface area contributed by atoms with E-state index in [2.05, 4.69) is 10.2 Å². The van der Waals surface area contributed by atoms with Crippen molar-refractivity contribution < 1.29 is 13.9 Å². The van der Waals surface area contributed by atoms with E-state index in [0.29, 0.717) is 5.89 Å². The highest BCUT2D eigenvalue weighted by Gasteiger charge is 2.23. The number of benzene rings is 2. The quantitative estimate of drug-likeness (QED) is 0.613. The Balaban J connectivity index is 1.77. The maximum atomic E-state index is 12.3. The Morgan fingerprint density at radius 3 is 2.38 bits per heavy atom. The summed E-state index contributed by atoms with van der Waals surface area (Å²) in [6.07, 6.45) is -0.741. The number of hydrogen-bond donors (Lipinski definition) is 0. The van der Waals surface area contributed by atoms with E-state index in [4.69, 9.17) is 32.4 Å². The van der Waals surface area contributed by atoms with E-state index in [9.17, 15) is 4.79 Å². The minimum absolute atomic E-state index is 0.107. The molecule has 0 saturated heterocycles. The molecule has 3 rings (SSSR count). The smallest absolute Gasteiger partial charge is 0.341 e. The molecule has 1 aromatic heterocycles. The summed E-state index contributed by atoms with van der Waals surface area (Å²) in [5.74, 6) is -0.118. The number of hydrogen-bond acceptors (Lipinski definition) is 5. The summed E-state index contributed by atoms with van der Waals surface area (Å²) in [6, 6.07) is 14.1. The number of nitrogens with zero attached hydrogens (tertiary/aromatic N) is 2. The third-order valence-electron chi connectivity index (χ3n) is 3.26. The molecule has 0 N–H and O–H groups in total. The predicted octanol–water partition coefficient (Wildman–Crippen LogP) is 4.96. The van der Waals surface area contributed by atoms with Gasteiger partial charge in [0.2, 0.25) is 5.89 Å². The molecule has 1 heterocycles. The highest BCUT2D eigenvalue weighted by atomic mass is 35.5. The highest BCUT2D eigenvalue weighted by Crippen LogP contribution is 2.28. The molecular formula is C17H12Cl2N2O3. The molecule has 0 aliphatic carbocycles. The number of ether oxygens (including phenoxy) is 1. The standard InChI is InChI=1S/C17H12Cl2N2O3/c1-10(23-17(22)14-12(18)8-5-9-13(14)19)15-20-21-16(24-15)11-6-3-2-4-7-11/h2-10H,1H3/t10-/m1/s1. The van der Waals surface area contributed by atoms with Gasteiger partial charge in [-0.25, -0.2) is 4.79 Å². The third kappa shape index (κ3) is 3.42. The second-order valence-corrected chi connectivity index (χ2v) is 5.77. The van der Waals surface area contributed by atoms with Crippen molar-refractivity contribution in [1.29, 1.82) is 0 Å². The summed E-state index contributed by atoms with van der Waals surface area (Å²) in [6.45, 7) is 1.63. The van der Waals surface area contributed by atoms with E-state index in [-0.39, 0.29) is 21.5 Å². The maximum absolute atomic E-state index is 12.3. The lowest BCUT2D eigenvalue weighted by Crippen LogP contribution is -2.10. The normalized spacial score (nSPS) is 12.0. The number of aromatic nitrogens is 2. The molecule has 5 nitrogen and oxygen atoms in total. The molecule has 0 fully saturated rings. The van der Waals surface area contributed by atoms with Crippen molar-refractivity contribution in [3.05, 3.63) is 70.0 Å². The van der Waals surface area contributed by atoms with Gasteiger partial charge in [-0.05, 0) is 31.2 Å². The molecular weight excluding hydrogens is 351 g/mol. The van der Waals surface area contributed by atoms with Crippen molar-refractivity contribution in [2.45, 2.75) is 13.0 Å². The number of rotatable bonds is 4. The zero-order valence-electron chi connectivity index (χ0n) is 12.6. The van der Waals surface area contributed by atoms with Crippen LogP contribution in [-0.2, 0) is 4.74 Å². The molecule has 0 aliphatic heterocycles. The van der Waals surface area contributed by atoms with Crippen LogP contribution in [0, 0.1) is 0 Å². The van der Waals surface area contributed by atoms with Crippen molar-refractivity contribution >= 4 is 29.2 Å². The van der Waals surface area contributed by atoms with E-state index in [1.54, 1.807) is 25.1 Å². The molecule has 0 aliphatic rings. The summed E-state index contributed by atoms with van der Waals surface area (Å²) in [7, 11) is 0. The van der Waals surface area contributed by atoms with Gasteiger partial charge in [0.05, 0.1) is 15.6 Å². The Morgan fingerprint density at radius 1 is 1.04 bits per heavy atom. The lowest BCUT2D eigenvalue weighted by Gasteiger charge is -2.11. The first kappa shape index (κ1) is 16.5. The van der Waals surface area contributed by atoms with E-state index < -0.39 is 12.1 Å². The van der Waals surface area contributed by atoms with Crippen LogP contribution in [0.2, 0.25) is 10.0 Å². The van der Waals surface area contributed by atoms with Gasteiger partial charge in [0.25, 0.3) is 5.89 Å². The minimum Gasteiger partial charge on any atom is -0.449 e. The first-order chi connectivity index (χ1) is 11.6. The van der Waals surface area contributed by atoms with E-state index in [0.717, 1.165) is 5.56 Å². The van der Waals surface area contributed by atoms with Crippen LogP contribution in [0.5, 0.6) is 0 Å². The average Bonchev–Trinajstić information content (AvgIpc) is 3.05. The van der Waals surface area contributed by atoms with Crippen LogP contribution in [-0.4, -0.2) is 16.2 Å². The summed E-state index contributed by atoms with van der Waals surface area (Å²) in [5, 5.41) is 8.32. The summed E-state index contributed by atoms with van der Waals surface area (Å²) in [4.78, 5) is 12.3. The monoisotopic (exact) mass is 362 g/mol. The van der Waals surface area contributed by atoms with Gasteiger partial charge in [0.1, 0.15) is 0 Å². The highest BCUT2D eigenvalue weighted by molar-refractivity contribution is 6.39. The van der Waals surface area contributed by atoms with Crippen molar-refractivity contribution in [1.82, 2.24) is 10.2 Å². The topological polar surface area (TPSA) is 65.2 Å². The Labute approximate surface area is 148 Å². The van der Waals surface area contributed by atoms with Crippen LogP contribution < -0.4 is 0 Å². The van der Waals surface area contributed by atoms with Gasteiger partial charge in [-0.15, -0.1) is 10.2 Å². The number of carbonyl (C=O) groups excluding carboxylic acids is 1. The van der Waals surface area contributed by atoms with Crippen LogP contribution in [0.4, 0.5) is 0 Å². The van der Waals surface area contributed by atoms with Crippen LogP contribution in [0.3, 0.4) is 0 Å². The molecule has 3 aromatic rings. The molecule has 0 amide bonds. The van der Waals surface area contributed by atoms with E-state index in [1.807, 2.05) is 30.3 Å². The molecule has 0 spiro atoms. The summed E-state index contributed by atoms with van der Waals surface area (Å²) >= 11 is 12.0. The number of esters is 1. The predicted molar refractivity (Wildman–Crippen MR) is 90.0 cm³/mol. The maximum Gasteiger partial charge on any atom is 0.341 e. The van der Waals surface area contributed by atoms with E-state index in [1.165, 1.54) is 0 Å². The second kappa shape index (κ2) is 7.03. The second-order valence-electron chi connectivity index (χ2n) is 4.96. The Hall–Kier alpha value is -2.37. The van der Waals surface area contributed by atoms with E-state index >= 15 is 0 Å². The molecule has 7 heteroatoms. The average molecular weight is 363 g/mol. The van der Waals surface area contributed by atoms with Gasteiger partial charge in [-0.1, -0.05) is 47.5 Å². The molecule has 0 radical (unpaired) electrons. The Kier molecular flexibility index (Phi) is 4.83. The van der Waals surface area contributed by atoms with Gasteiger partial charge in [0, 0.05) is 5.56 Å². The van der Waals surface area contributed by atoms with Crippen molar-refractivity contribution in [2.24, 2.45) is 0 Å². The molecule has 0 unspecified atom stereocenters. The molecule has 2 aromatic carbocycles. The SMILES string of the molecule is C[C@@H](OC(=O)c1c(Cl)cccc1Cl)c1nnc(-c2ccccc2)o1. The van der Waals surface area contributed by atoms with Gasteiger partial charge in [-0.2, -0.15) is 0 Å². The van der Waals surface area contributed by atoms with Crippen molar-refractivity contribution in [3.8, 4) is 11.5 Å². The van der Waals surface area contributed by atoms with Gasteiger partial charge in [-0.3, -0.25) is 0 Å². The zero-order chi connectivity index (χ0) is 17.1. The fourth-order valence-electron chi connectivity index (χ4n) is 2.06. The molecule has 122 valence electrons. The lowest BCUT2D eigenvalue weighted by atomic mass is 10.2. The lowest BCUT2D eigenvalue weighted by molar-refractivity contribution is 0.0280. The van der Waals surface area contributed by atoms with Crippen molar-refractivity contribution in [2.75, 3.05) is 0 Å². The minimum atomic E-state index is -0.741. The molecule has 24 heavy (non-hydrogen) atoms. The fourth-order valence-corrected chi connectivity index (χ4v) is 2.61. The first-order valence-corrected chi connectivity index (χ1v) is 7.85. The van der Waals surface area contributed by atoms with Crippen LogP contribution in [0.1, 0.15) is 29.3 Å². The molecule has 1 atom stereocenters. The Bertz CT molecular complexity index is 845. The zero-order valence-corrected chi connectivity index (χ0v) is 14.1. The fraction of sp³-hybridized carbons (Fsp3) is 0.118. The van der Waals surface area contributed by atoms with Gasteiger partial charge >= 0.3 is 5.97 Å². The first-order valence-electron chi connectivity index (χ1n) is 7.10. The van der Waals surface area contributed by atoms with Crippen LogP contribution in [0.15, 0.2) is 52.9 Å². The number of carbonyl (C=O) groups is 1. The number of halogens is 2. The third-order valence-corrected chi connectivity index (χ3v) is 3.89. The van der Waals surface area contributed by atoms with Crippen LogP contribution in [0.25, 0.3) is 11.5 Å². The molecule has 0 bridgehead atoms. The summed E-state index contributed by atoms with van der Waals surface area (Å²) < 4.78 is 10.9. The largest absolute Gasteiger partial charge is 0.449 e. The van der Waals surface area contributed by atoms with Gasteiger partial charge < -0.3 is 9.15 Å². The van der Waals surface area contributed by atoms with Gasteiger partial charge in [0.15, 0.2) is 6.10 Å². The summed E-state index contributed by atoms with van der Waals surface area (Å²) in [5.41, 5.74) is 0.888.